The molecule has 0 saturated heterocycles. The molecule has 0 aromatic heterocycles. The summed E-state index contributed by atoms with van der Waals surface area (Å²) in [5.74, 6) is 0.0821. The normalized spacial score (nSPS) is 16.0. The number of hydrogen-bond acceptors (Lipinski definition) is 3. The van der Waals surface area contributed by atoms with Gasteiger partial charge in [-0.05, 0) is 54.5 Å². The Morgan fingerprint density at radius 2 is 2.04 bits per heavy atom. The van der Waals surface area contributed by atoms with Crippen LogP contribution in [0.3, 0.4) is 0 Å². The predicted octanol–water partition coefficient (Wildman–Crippen LogP) is 3.24. The largest absolute Gasteiger partial charge is 0.495 e. The summed E-state index contributed by atoms with van der Waals surface area (Å²) in [4.78, 5) is 23.9. The molecule has 25 heavy (non-hydrogen) atoms. The van der Waals surface area contributed by atoms with Crippen LogP contribution in [0.5, 0.6) is 5.75 Å². The minimum Gasteiger partial charge on any atom is -0.495 e. The SMILES string of the molecule is COc1ccc(C(N)=O)cc1NC(=O)CC1CCCc2ccccc21. The minimum atomic E-state index is -0.542. The van der Waals surface area contributed by atoms with Crippen molar-refractivity contribution < 1.29 is 14.3 Å². The summed E-state index contributed by atoms with van der Waals surface area (Å²) in [5, 5.41) is 2.86. The van der Waals surface area contributed by atoms with Crippen LogP contribution >= 0.6 is 0 Å². The van der Waals surface area contributed by atoms with Crippen LogP contribution in [0, 0.1) is 0 Å². The van der Waals surface area contributed by atoms with Crippen molar-refractivity contribution in [1.29, 1.82) is 0 Å². The van der Waals surface area contributed by atoms with Crippen molar-refractivity contribution in [2.75, 3.05) is 12.4 Å². The van der Waals surface area contributed by atoms with E-state index in [1.807, 2.05) is 12.1 Å². The van der Waals surface area contributed by atoms with Gasteiger partial charge >= 0.3 is 0 Å². The quantitative estimate of drug-likeness (QED) is 0.878. The first-order chi connectivity index (χ1) is 12.1. The molecule has 5 heteroatoms. The molecule has 3 rings (SSSR count). The number of ether oxygens (including phenoxy) is 1. The van der Waals surface area contributed by atoms with E-state index >= 15 is 0 Å². The van der Waals surface area contributed by atoms with Gasteiger partial charge in [-0.25, -0.2) is 0 Å². The van der Waals surface area contributed by atoms with E-state index in [1.165, 1.54) is 18.2 Å². The molecular formula is C20H22N2O3. The number of anilines is 1. The van der Waals surface area contributed by atoms with Crippen LogP contribution in [-0.2, 0) is 11.2 Å². The maximum absolute atomic E-state index is 12.6. The first-order valence-electron chi connectivity index (χ1n) is 8.44. The molecule has 0 aliphatic heterocycles. The van der Waals surface area contributed by atoms with Crippen LogP contribution in [0.1, 0.15) is 46.7 Å². The Morgan fingerprint density at radius 3 is 2.80 bits per heavy atom. The fourth-order valence-electron chi connectivity index (χ4n) is 3.45. The Kier molecular flexibility index (Phi) is 5.03. The van der Waals surface area contributed by atoms with Crippen molar-refractivity contribution in [2.24, 2.45) is 5.73 Å². The highest BCUT2D eigenvalue weighted by molar-refractivity contribution is 5.97. The minimum absolute atomic E-state index is 0.0957. The third kappa shape index (κ3) is 3.82. The zero-order valence-electron chi connectivity index (χ0n) is 14.2. The molecule has 0 radical (unpaired) electrons. The van der Waals surface area contributed by atoms with E-state index in [1.54, 1.807) is 18.2 Å². The zero-order valence-corrected chi connectivity index (χ0v) is 14.2. The molecule has 130 valence electrons. The van der Waals surface area contributed by atoms with Gasteiger partial charge in [0.25, 0.3) is 0 Å². The number of primary amides is 1. The van der Waals surface area contributed by atoms with E-state index < -0.39 is 5.91 Å². The van der Waals surface area contributed by atoms with Crippen LogP contribution < -0.4 is 15.8 Å². The molecule has 3 N–H and O–H groups in total. The Bertz CT molecular complexity index is 801. The average Bonchev–Trinajstić information content (AvgIpc) is 2.62. The van der Waals surface area contributed by atoms with E-state index in [2.05, 4.69) is 17.4 Å². The predicted molar refractivity (Wildman–Crippen MR) is 96.9 cm³/mol. The van der Waals surface area contributed by atoms with E-state index in [4.69, 9.17) is 10.5 Å². The van der Waals surface area contributed by atoms with Crippen LogP contribution in [0.4, 0.5) is 5.69 Å². The van der Waals surface area contributed by atoms with E-state index in [9.17, 15) is 9.59 Å². The van der Waals surface area contributed by atoms with Gasteiger partial charge in [-0.3, -0.25) is 9.59 Å². The molecule has 1 unspecified atom stereocenters. The number of nitrogens with one attached hydrogen (secondary N) is 1. The van der Waals surface area contributed by atoms with Crippen LogP contribution in [0.15, 0.2) is 42.5 Å². The van der Waals surface area contributed by atoms with Crippen LogP contribution in [-0.4, -0.2) is 18.9 Å². The number of nitrogens with two attached hydrogens (primary N) is 1. The van der Waals surface area contributed by atoms with Crippen LogP contribution in [0.2, 0.25) is 0 Å². The fourth-order valence-corrected chi connectivity index (χ4v) is 3.45. The second-order valence-electron chi connectivity index (χ2n) is 6.32. The fraction of sp³-hybridized carbons (Fsp3) is 0.300. The molecule has 1 aliphatic rings. The van der Waals surface area contributed by atoms with E-state index in [-0.39, 0.29) is 11.8 Å². The number of hydrogen-bond donors (Lipinski definition) is 2. The monoisotopic (exact) mass is 338 g/mol. The van der Waals surface area contributed by atoms with E-state index in [0.717, 1.165) is 19.3 Å². The van der Waals surface area contributed by atoms with Gasteiger partial charge in [0.1, 0.15) is 5.75 Å². The molecule has 5 nitrogen and oxygen atoms in total. The lowest BCUT2D eigenvalue weighted by Gasteiger charge is -2.25. The molecule has 1 atom stereocenters. The van der Waals surface area contributed by atoms with Crippen LogP contribution in [0.25, 0.3) is 0 Å². The lowest BCUT2D eigenvalue weighted by Crippen LogP contribution is -2.19. The maximum atomic E-state index is 12.6. The number of aryl methyl sites for hydroxylation is 1. The number of carbonyl (C=O) groups excluding carboxylic acids is 2. The summed E-state index contributed by atoms with van der Waals surface area (Å²) in [6.07, 6.45) is 3.57. The van der Waals surface area contributed by atoms with Gasteiger partial charge in [0.05, 0.1) is 12.8 Å². The van der Waals surface area contributed by atoms with Gasteiger partial charge in [0, 0.05) is 12.0 Å². The Morgan fingerprint density at radius 1 is 1.24 bits per heavy atom. The first-order valence-corrected chi connectivity index (χ1v) is 8.44. The van der Waals surface area contributed by atoms with Crippen molar-refractivity contribution in [3.05, 3.63) is 59.2 Å². The van der Waals surface area contributed by atoms with Crippen molar-refractivity contribution in [3.8, 4) is 5.75 Å². The van der Waals surface area contributed by atoms with Gasteiger partial charge < -0.3 is 15.8 Å². The molecule has 1 aliphatic carbocycles. The summed E-state index contributed by atoms with van der Waals surface area (Å²) in [5.41, 5.74) is 8.71. The lowest BCUT2D eigenvalue weighted by atomic mass is 9.81. The smallest absolute Gasteiger partial charge is 0.248 e. The summed E-state index contributed by atoms with van der Waals surface area (Å²) >= 11 is 0. The third-order valence-electron chi connectivity index (χ3n) is 4.68. The Labute approximate surface area is 147 Å². The van der Waals surface area contributed by atoms with Crippen molar-refractivity contribution in [1.82, 2.24) is 0 Å². The highest BCUT2D eigenvalue weighted by atomic mass is 16.5. The highest BCUT2D eigenvalue weighted by Crippen LogP contribution is 2.34. The lowest BCUT2D eigenvalue weighted by molar-refractivity contribution is -0.116. The summed E-state index contributed by atoms with van der Waals surface area (Å²) in [6.45, 7) is 0. The topological polar surface area (TPSA) is 81.4 Å². The van der Waals surface area contributed by atoms with Gasteiger partial charge in [-0.1, -0.05) is 24.3 Å². The first kappa shape index (κ1) is 17.0. The van der Waals surface area contributed by atoms with Gasteiger partial charge in [-0.2, -0.15) is 0 Å². The number of benzene rings is 2. The number of carbonyl (C=O) groups is 2. The van der Waals surface area contributed by atoms with Crippen molar-refractivity contribution in [3.63, 3.8) is 0 Å². The number of fused-ring (bicyclic) bond motifs is 1. The molecule has 0 heterocycles. The van der Waals surface area contributed by atoms with Gasteiger partial charge in [-0.15, -0.1) is 0 Å². The highest BCUT2D eigenvalue weighted by Gasteiger charge is 2.23. The number of rotatable bonds is 5. The van der Waals surface area contributed by atoms with Gasteiger partial charge in [0.15, 0.2) is 0 Å². The third-order valence-corrected chi connectivity index (χ3v) is 4.68. The Hall–Kier alpha value is -2.82. The summed E-state index contributed by atoms with van der Waals surface area (Å²) in [7, 11) is 1.52. The second kappa shape index (κ2) is 7.38. The molecule has 2 aromatic carbocycles. The van der Waals surface area contributed by atoms with Crippen molar-refractivity contribution in [2.45, 2.75) is 31.6 Å². The molecule has 0 fully saturated rings. The second-order valence-corrected chi connectivity index (χ2v) is 6.32. The summed E-state index contributed by atoms with van der Waals surface area (Å²) < 4.78 is 5.26. The van der Waals surface area contributed by atoms with Crippen molar-refractivity contribution >= 4 is 17.5 Å². The molecule has 2 aromatic rings. The number of amides is 2. The standard InChI is InChI=1S/C20H22N2O3/c1-25-18-10-9-15(20(21)24)11-17(18)22-19(23)12-14-7-4-6-13-5-2-3-8-16(13)14/h2-3,5,8-11,14H,4,6-7,12H2,1H3,(H2,21,24)(H,22,23). The average molecular weight is 338 g/mol. The number of methoxy groups -OCH3 is 1. The molecular weight excluding hydrogens is 316 g/mol. The molecule has 0 saturated carbocycles. The Balaban J connectivity index is 1.75. The molecule has 2 amide bonds. The van der Waals surface area contributed by atoms with E-state index in [0.29, 0.717) is 23.4 Å². The molecule has 0 bridgehead atoms. The zero-order chi connectivity index (χ0) is 17.8. The maximum Gasteiger partial charge on any atom is 0.248 e. The summed E-state index contributed by atoms with van der Waals surface area (Å²) in [6, 6.07) is 13.1. The molecule has 0 spiro atoms. The van der Waals surface area contributed by atoms with Gasteiger partial charge in [0.2, 0.25) is 11.8 Å².